The highest BCUT2D eigenvalue weighted by atomic mass is 19.1. The smallest absolute Gasteiger partial charge is 0.270 e. The highest BCUT2D eigenvalue weighted by Crippen LogP contribution is 1.97. The predicted molar refractivity (Wildman–Crippen MR) is 56.0 cm³/mol. The minimum atomic E-state index is -0.642. The molecule has 4 heteroatoms. The molecule has 0 aliphatic heterocycles. The lowest BCUT2D eigenvalue weighted by atomic mass is 10.3. The number of hydrogen-bond acceptors (Lipinski definition) is 2. The zero-order valence-corrected chi connectivity index (χ0v) is 8.53. The Kier molecular flexibility index (Phi) is 4.47. The molecule has 0 unspecified atom stereocenters. The Morgan fingerprint density at radius 3 is 3.07 bits per heavy atom. The molecule has 0 aliphatic carbocycles. The van der Waals surface area contributed by atoms with Crippen LogP contribution < -0.4 is 5.32 Å². The van der Waals surface area contributed by atoms with Crippen molar-refractivity contribution in [2.24, 2.45) is 0 Å². The Bertz CT molecular complexity index is 363. The maximum absolute atomic E-state index is 12.7. The first-order chi connectivity index (χ1) is 7.24. The molecule has 0 spiro atoms. The van der Waals surface area contributed by atoms with Crippen molar-refractivity contribution in [2.75, 3.05) is 6.54 Å². The number of carbonyl (C=O) groups excluding carboxylic acids is 1. The number of aromatic nitrogens is 1. The molecule has 15 heavy (non-hydrogen) atoms. The van der Waals surface area contributed by atoms with Crippen molar-refractivity contribution in [3.63, 3.8) is 0 Å². The normalized spacial score (nSPS) is 10.5. The Morgan fingerprint density at radius 2 is 2.40 bits per heavy atom. The van der Waals surface area contributed by atoms with E-state index in [-0.39, 0.29) is 11.6 Å². The van der Waals surface area contributed by atoms with E-state index in [2.05, 4.69) is 10.3 Å². The summed E-state index contributed by atoms with van der Waals surface area (Å²) in [6.45, 7) is 2.44. The number of carbonyl (C=O) groups is 1. The van der Waals surface area contributed by atoms with Crippen LogP contribution in [0, 0.1) is 5.95 Å². The summed E-state index contributed by atoms with van der Waals surface area (Å²) in [6.07, 6.45) is 4.61. The third-order valence-electron chi connectivity index (χ3n) is 1.78. The number of halogens is 1. The summed E-state index contributed by atoms with van der Waals surface area (Å²) in [4.78, 5) is 14.9. The van der Waals surface area contributed by atoms with Crippen molar-refractivity contribution < 1.29 is 9.18 Å². The molecule has 0 saturated carbocycles. The maximum atomic E-state index is 12.7. The lowest BCUT2D eigenvalue weighted by molar-refractivity contribution is 0.0948. The van der Waals surface area contributed by atoms with E-state index in [1.165, 1.54) is 18.2 Å². The van der Waals surface area contributed by atoms with Crippen LogP contribution in [0.25, 0.3) is 0 Å². The van der Waals surface area contributed by atoms with E-state index in [1.807, 2.05) is 19.1 Å². The molecule has 80 valence electrons. The van der Waals surface area contributed by atoms with Crippen LogP contribution in [-0.4, -0.2) is 17.4 Å². The van der Waals surface area contributed by atoms with Gasteiger partial charge in [0.25, 0.3) is 5.91 Å². The summed E-state index contributed by atoms with van der Waals surface area (Å²) >= 11 is 0. The highest BCUT2D eigenvalue weighted by molar-refractivity contribution is 5.92. The van der Waals surface area contributed by atoms with Crippen LogP contribution in [0.3, 0.4) is 0 Å². The number of pyridine rings is 1. The van der Waals surface area contributed by atoms with Gasteiger partial charge < -0.3 is 5.32 Å². The molecule has 3 nitrogen and oxygen atoms in total. The van der Waals surface area contributed by atoms with Gasteiger partial charge in [-0.1, -0.05) is 18.2 Å². The fraction of sp³-hybridized carbons (Fsp3) is 0.273. The average Bonchev–Trinajstić information content (AvgIpc) is 2.24. The Hall–Kier alpha value is -1.71. The van der Waals surface area contributed by atoms with Crippen molar-refractivity contribution in [2.45, 2.75) is 13.3 Å². The van der Waals surface area contributed by atoms with Gasteiger partial charge in [0.05, 0.1) is 0 Å². The number of allylic oxidation sites excluding steroid dienone is 1. The first kappa shape index (κ1) is 11.4. The van der Waals surface area contributed by atoms with Gasteiger partial charge in [0, 0.05) is 6.54 Å². The van der Waals surface area contributed by atoms with E-state index in [9.17, 15) is 9.18 Å². The molecular weight excluding hydrogens is 195 g/mol. The molecule has 1 aromatic heterocycles. The van der Waals surface area contributed by atoms with Crippen LogP contribution in [-0.2, 0) is 0 Å². The van der Waals surface area contributed by atoms with Gasteiger partial charge >= 0.3 is 0 Å². The van der Waals surface area contributed by atoms with E-state index >= 15 is 0 Å². The summed E-state index contributed by atoms with van der Waals surface area (Å²) in [6, 6.07) is 4.15. The van der Waals surface area contributed by atoms with Crippen LogP contribution in [0.5, 0.6) is 0 Å². The van der Waals surface area contributed by atoms with Crippen molar-refractivity contribution in [1.82, 2.24) is 10.3 Å². The van der Waals surface area contributed by atoms with Crippen LogP contribution >= 0.6 is 0 Å². The molecule has 1 rings (SSSR count). The summed E-state index contributed by atoms with van der Waals surface area (Å²) in [5.41, 5.74) is 0.107. The van der Waals surface area contributed by atoms with Crippen molar-refractivity contribution in [3.05, 3.63) is 42.0 Å². The van der Waals surface area contributed by atoms with E-state index in [4.69, 9.17) is 0 Å². The highest BCUT2D eigenvalue weighted by Gasteiger charge is 2.06. The summed E-state index contributed by atoms with van der Waals surface area (Å²) < 4.78 is 12.7. The summed E-state index contributed by atoms with van der Waals surface area (Å²) in [5, 5.41) is 2.64. The SMILES string of the molecule is C/C=C/CCNC(=O)c1cccc(F)n1. The molecule has 1 N–H and O–H groups in total. The van der Waals surface area contributed by atoms with Crippen LogP contribution in [0.2, 0.25) is 0 Å². The van der Waals surface area contributed by atoms with E-state index in [0.29, 0.717) is 6.54 Å². The van der Waals surface area contributed by atoms with Gasteiger partial charge in [-0.25, -0.2) is 4.98 Å². The van der Waals surface area contributed by atoms with Gasteiger partial charge in [0.1, 0.15) is 5.69 Å². The van der Waals surface area contributed by atoms with Gasteiger partial charge in [0.15, 0.2) is 0 Å². The fourth-order valence-corrected chi connectivity index (χ4v) is 1.06. The summed E-state index contributed by atoms with van der Waals surface area (Å²) in [5.74, 6) is -0.991. The number of hydrogen-bond donors (Lipinski definition) is 1. The predicted octanol–water partition coefficient (Wildman–Crippen LogP) is 1.92. The second-order valence-corrected chi connectivity index (χ2v) is 2.96. The van der Waals surface area contributed by atoms with Gasteiger partial charge in [-0.05, 0) is 25.5 Å². The number of rotatable bonds is 4. The second kappa shape index (κ2) is 5.90. The number of nitrogens with one attached hydrogen (secondary N) is 1. The lowest BCUT2D eigenvalue weighted by Gasteiger charge is -2.02. The minimum absolute atomic E-state index is 0.107. The zero-order chi connectivity index (χ0) is 11.1. The molecule has 1 heterocycles. The van der Waals surface area contributed by atoms with E-state index in [1.54, 1.807) is 0 Å². The van der Waals surface area contributed by atoms with Gasteiger partial charge in [-0.15, -0.1) is 0 Å². The molecule has 1 amide bonds. The average molecular weight is 208 g/mol. The third kappa shape index (κ3) is 3.89. The number of nitrogens with zero attached hydrogens (tertiary/aromatic N) is 1. The van der Waals surface area contributed by atoms with E-state index < -0.39 is 5.95 Å². The van der Waals surface area contributed by atoms with Crippen LogP contribution in [0.15, 0.2) is 30.4 Å². The van der Waals surface area contributed by atoms with Crippen molar-refractivity contribution >= 4 is 5.91 Å². The lowest BCUT2D eigenvalue weighted by Crippen LogP contribution is -2.25. The molecule has 0 radical (unpaired) electrons. The van der Waals surface area contributed by atoms with Gasteiger partial charge in [0.2, 0.25) is 5.95 Å². The van der Waals surface area contributed by atoms with E-state index in [0.717, 1.165) is 6.42 Å². The largest absolute Gasteiger partial charge is 0.350 e. The minimum Gasteiger partial charge on any atom is -0.350 e. The molecule has 0 saturated heterocycles. The topological polar surface area (TPSA) is 42.0 Å². The third-order valence-corrected chi connectivity index (χ3v) is 1.78. The summed E-state index contributed by atoms with van der Waals surface area (Å²) in [7, 11) is 0. The Morgan fingerprint density at radius 1 is 1.60 bits per heavy atom. The van der Waals surface area contributed by atoms with Crippen molar-refractivity contribution in [1.29, 1.82) is 0 Å². The molecule has 1 aromatic rings. The molecule has 0 bridgehead atoms. The quantitative estimate of drug-likeness (QED) is 0.466. The second-order valence-electron chi connectivity index (χ2n) is 2.96. The molecule has 0 fully saturated rings. The maximum Gasteiger partial charge on any atom is 0.270 e. The number of amides is 1. The first-order valence-electron chi connectivity index (χ1n) is 4.76. The molecule has 0 atom stereocenters. The standard InChI is InChI=1S/C11H13FN2O/c1-2-3-4-8-13-11(15)9-6-5-7-10(12)14-9/h2-3,5-7H,4,8H2,1H3,(H,13,15)/b3-2+. The van der Waals surface area contributed by atoms with Gasteiger partial charge in [-0.3, -0.25) is 4.79 Å². The molecular formula is C11H13FN2O. The fourth-order valence-electron chi connectivity index (χ4n) is 1.06. The Balaban J connectivity index is 2.47. The van der Waals surface area contributed by atoms with Crippen molar-refractivity contribution in [3.8, 4) is 0 Å². The first-order valence-corrected chi connectivity index (χ1v) is 4.76. The molecule has 0 aromatic carbocycles. The monoisotopic (exact) mass is 208 g/mol. The van der Waals surface area contributed by atoms with Crippen LogP contribution in [0.4, 0.5) is 4.39 Å². The Labute approximate surface area is 88.0 Å². The van der Waals surface area contributed by atoms with Gasteiger partial charge in [-0.2, -0.15) is 4.39 Å². The zero-order valence-electron chi connectivity index (χ0n) is 8.53. The van der Waals surface area contributed by atoms with Crippen LogP contribution in [0.1, 0.15) is 23.8 Å². The molecule has 0 aliphatic rings.